The molecule has 16 heavy (non-hydrogen) atoms. The Labute approximate surface area is 105 Å². The molecule has 1 aliphatic carbocycles. The maximum atomic E-state index is 9.64. The third kappa shape index (κ3) is 1.57. The van der Waals surface area contributed by atoms with E-state index in [0.29, 0.717) is 0 Å². The molecule has 0 saturated heterocycles. The van der Waals surface area contributed by atoms with E-state index in [-0.39, 0.29) is 17.4 Å². The van der Waals surface area contributed by atoms with Crippen LogP contribution in [0.3, 0.4) is 0 Å². The van der Waals surface area contributed by atoms with Crippen molar-refractivity contribution in [2.45, 2.75) is 25.7 Å². The summed E-state index contributed by atoms with van der Waals surface area (Å²) < 4.78 is 6.20. The summed E-state index contributed by atoms with van der Waals surface area (Å²) in [7, 11) is 1.66. The Morgan fingerprint density at radius 1 is 1.44 bits per heavy atom. The number of ether oxygens (including phenoxy) is 1. The summed E-state index contributed by atoms with van der Waals surface area (Å²) in [6, 6.07) is 5.96. The minimum atomic E-state index is -0.0852. The molecule has 0 aromatic heterocycles. The number of hydrogen-bond acceptors (Lipinski definition) is 2. The molecule has 0 heterocycles. The highest BCUT2D eigenvalue weighted by molar-refractivity contribution is 9.10. The van der Waals surface area contributed by atoms with Crippen molar-refractivity contribution in [3.05, 3.63) is 28.2 Å². The van der Waals surface area contributed by atoms with Crippen LogP contribution < -0.4 is 4.74 Å². The molecule has 1 aromatic carbocycles. The molecule has 1 atom stereocenters. The summed E-state index contributed by atoms with van der Waals surface area (Å²) >= 11 is 3.57. The lowest BCUT2D eigenvalue weighted by atomic mass is 9.89. The predicted octanol–water partition coefficient (Wildman–Crippen LogP) is 3.12. The molecular weight excluding hydrogens is 268 g/mol. The minimum Gasteiger partial charge on any atom is -0.497 e. The third-order valence-corrected chi connectivity index (χ3v) is 4.53. The molecule has 88 valence electrons. The smallest absolute Gasteiger partial charge is 0.120 e. The zero-order valence-electron chi connectivity index (χ0n) is 9.88. The molecule has 1 saturated carbocycles. The number of hydrogen-bond donors (Lipinski definition) is 1. The summed E-state index contributed by atoms with van der Waals surface area (Å²) in [5.41, 5.74) is 1.28. The van der Waals surface area contributed by atoms with Gasteiger partial charge in [0.1, 0.15) is 5.75 Å². The lowest BCUT2D eigenvalue weighted by molar-refractivity contribution is 0.231. The van der Waals surface area contributed by atoms with Crippen molar-refractivity contribution < 1.29 is 9.84 Å². The Hall–Kier alpha value is -0.540. The summed E-state index contributed by atoms with van der Waals surface area (Å²) in [6.45, 7) is 4.59. The van der Waals surface area contributed by atoms with E-state index in [2.05, 4.69) is 29.8 Å². The molecule has 1 N–H and O–H groups in total. The fraction of sp³-hybridized carbons (Fsp3) is 0.538. The van der Waals surface area contributed by atoms with Gasteiger partial charge in [-0.25, -0.2) is 0 Å². The minimum absolute atomic E-state index is 0.0852. The number of aliphatic hydroxyl groups is 1. The summed E-state index contributed by atoms with van der Waals surface area (Å²) in [5, 5.41) is 9.64. The second-order valence-corrected chi connectivity index (χ2v) is 6.00. The lowest BCUT2D eigenvalue weighted by Gasteiger charge is -2.20. The highest BCUT2D eigenvalue weighted by atomic mass is 79.9. The van der Waals surface area contributed by atoms with Gasteiger partial charge < -0.3 is 9.84 Å². The number of rotatable bonds is 3. The Morgan fingerprint density at radius 3 is 2.44 bits per heavy atom. The Bertz CT molecular complexity index is 414. The zero-order chi connectivity index (χ0) is 12.0. The highest BCUT2D eigenvalue weighted by Gasteiger charge is 2.62. The summed E-state index contributed by atoms with van der Waals surface area (Å²) in [5.74, 6) is 0.835. The van der Waals surface area contributed by atoms with Crippen LogP contribution in [-0.4, -0.2) is 18.8 Å². The van der Waals surface area contributed by atoms with Crippen LogP contribution >= 0.6 is 15.9 Å². The molecule has 0 amide bonds. The van der Waals surface area contributed by atoms with Crippen molar-refractivity contribution in [3.8, 4) is 5.75 Å². The quantitative estimate of drug-likeness (QED) is 0.924. The SMILES string of the molecule is COc1ccc(C2(CO)CC2(C)C)c(Br)c1. The Kier molecular flexibility index (Phi) is 2.79. The van der Waals surface area contributed by atoms with Crippen LogP contribution in [0.2, 0.25) is 0 Å². The van der Waals surface area contributed by atoms with E-state index in [4.69, 9.17) is 4.74 Å². The molecule has 3 heteroatoms. The van der Waals surface area contributed by atoms with Gasteiger partial charge in [-0.15, -0.1) is 0 Å². The molecule has 0 spiro atoms. The van der Waals surface area contributed by atoms with Crippen molar-refractivity contribution in [1.82, 2.24) is 0 Å². The maximum absolute atomic E-state index is 9.64. The van der Waals surface area contributed by atoms with Gasteiger partial charge in [-0.05, 0) is 29.5 Å². The topological polar surface area (TPSA) is 29.5 Å². The molecule has 1 unspecified atom stereocenters. The van der Waals surface area contributed by atoms with Crippen LogP contribution in [0.4, 0.5) is 0 Å². The molecule has 1 aliphatic rings. The van der Waals surface area contributed by atoms with E-state index >= 15 is 0 Å². The molecule has 2 nitrogen and oxygen atoms in total. The first kappa shape index (κ1) is 11.9. The van der Waals surface area contributed by atoms with Gasteiger partial charge in [0.25, 0.3) is 0 Å². The number of benzene rings is 1. The van der Waals surface area contributed by atoms with E-state index in [9.17, 15) is 5.11 Å². The largest absolute Gasteiger partial charge is 0.497 e. The average Bonchev–Trinajstić information content (AvgIpc) is 2.81. The van der Waals surface area contributed by atoms with Crippen LogP contribution in [0.5, 0.6) is 5.75 Å². The molecule has 1 fully saturated rings. The van der Waals surface area contributed by atoms with Crippen molar-refractivity contribution >= 4 is 15.9 Å². The second-order valence-electron chi connectivity index (χ2n) is 5.15. The molecule has 0 aliphatic heterocycles. The normalized spacial score (nSPS) is 26.6. The highest BCUT2D eigenvalue weighted by Crippen LogP contribution is 2.65. The molecule has 1 aromatic rings. The average molecular weight is 285 g/mol. The molecule has 0 bridgehead atoms. The van der Waals surface area contributed by atoms with Gasteiger partial charge in [0.2, 0.25) is 0 Å². The number of methoxy groups -OCH3 is 1. The molecular formula is C13H17BrO2. The Morgan fingerprint density at radius 2 is 2.06 bits per heavy atom. The van der Waals surface area contributed by atoms with Gasteiger partial charge in [0.15, 0.2) is 0 Å². The molecule has 2 rings (SSSR count). The predicted molar refractivity (Wildman–Crippen MR) is 67.9 cm³/mol. The van der Waals surface area contributed by atoms with Crippen LogP contribution in [0, 0.1) is 5.41 Å². The van der Waals surface area contributed by atoms with Gasteiger partial charge >= 0.3 is 0 Å². The monoisotopic (exact) mass is 284 g/mol. The van der Waals surface area contributed by atoms with Crippen LogP contribution in [0.15, 0.2) is 22.7 Å². The number of halogens is 1. The van der Waals surface area contributed by atoms with Crippen LogP contribution in [0.25, 0.3) is 0 Å². The van der Waals surface area contributed by atoms with Crippen molar-refractivity contribution in [2.24, 2.45) is 5.41 Å². The first-order chi connectivity index (χ1) is 7.47. The van der Waals surface area contributed by atoms with Gasteiger partial charge in [-0.3, -0.25) is 0 Å². The van der Waals surface area contributed by atoms with Gasteiger partial charge in [0.05, 0.1) is 13.7 Å². The fourth-order valence-corrected chi connectivity index (χ4v) is 3.27. The van der Waals surface area contributed by atoms with Gasteiger partial charge in [-0.2, -0.15) is 0 Å². The first-order valence-electron chi connectivity index (χ1n) is 5.42. The number of aliphatic hydroxyl groups excluding tert-OH is 1. The fourth-order valence-electron chi connectivity index (χ4n) is 2.54. The zero-order valence-corrected chi connectivity index (χ0v) is 11.5. The van der Waals surface area contributed by atoms with Gasteiger partial charge in [-0.1, -0.05) is 35.8 Å². The van der Waals surface area contributed by atoms with E-state index < -0.39 is 0 Å². The summed E-state index contributed by atoms with van der Waals surface area (Å²) in [6.07, 6.45) is 1.03. The van der Waals surface area contributed by atoms with Crippen molar-refractivity contribution in [1.29, 1.82) is 0 Å². The maximum Gasteiger partial charge on any atom is 0.120 e. The van der Waals surface area contributed by atoms with Gasteiger partial charge in [0, 0.05) is 9.89 Å². The van der Waals surface area contributed by atoms with E-state index in [1.54, 1.807) is 7.11 Å². The van der Waals surface area contributed by atoms with Crippen LogP contribution in [-0.2, 0) is 5.41 Å². The third-order valence-electron chi connectivity index (χ3n) is 3.88. The lowest BCUT2D eigenvalue weighted by Crippen LogP contribution is -2.19. The standard InChI is InChI=1S/C13H17BrO2/c1-12(2)7-13(12,8-15)10-5-4-9(16-3)6-11(10)14/h4-6,15H,7-8H2,1-3H3. The Balaban J connectivity index is 2.42. The van der Waals surface area contributed by atoms with E-state index in [1.165, 1.54) is 5.56 Å². The van der Waals surface area contributed by atoms with Crippen molar-refractivity contribution in [2.75, 3.05) is 13.7 Å². The first-order valence-corrected chi connectivity index (χ1v) is 6.21. The van der Waals surface area contributed by atoms with E-state index in [0.717, 1.165) is 16.6 Å². The molecule has 0 radical (unpaired) electrons. The van der Waals surface area contributed by atoms with Crippen molar-refractivity contribution in [3.63, 3.8) is 0 Å². The summed E-state index contributed by atoms with van der Waals surface area (Å²) in [4.78, 5) is 0. The van der Waals surface area contributed by atoms with Crippen LogP contribution in [0.1, 0.15) is 25.8 Å². The second kappa shape index (κ2) is 3.74. The van der Waals surface area contributed by atoms with E-state index in [1.807, 2.05) is 18.2 Å².